The van der Waals surface area contributed by atoms with E-state index in [-0.39, 0.29) is 59.6 Å². The maximum atomic E-state index is 15.5. The van der Waals surface area contributed by atoms with Gasteiger partial charge in [0.1, 0.15) is 22.2 Å². The highest BCUT2D eigenvalue weighted by Crippen LogP contribution is 2.53. The highest BCUT2D eigenvalue weighted by molar-refractivity contribution is 7.10. The molecule has 4 aromatic rings. The lowest BCUT2D eigenvalue weighted by atomic mass is 9.66. The molecule has 19 heteroatoms. The Morgan fingerprint density at radius 2 is 1.76 bits per heavy atom. The predicted molar refractivity (Wildman–Crippen MR) is 302 cm³/mol. The topological polar surface area (TPSA) is 174 Å². The molecule has 12 aliphatic rings. The maximum Gasteiger partial charge on any atom is 0.328 e. The highest BCUT2D eigenvalue weighted by atomic mass is 32.1. The number of aromatic nitrogens is 3. The molecule has 11 fully saturated rings. The van der Waals surface area contributed by atoms with E-state index in [1.165, 1.54) is 24.2 Å². The van der Waals surface area contributed by atoms with Gasteiger partial charge in [-0.3, -0.25) is 29.4 Å². The second kappa shape index (κ2) is 19.8. The molecule has 3 aromatic heterocycles. The summed E-state index contributed by atoms with van der Waals surface area (Å²) in [7, 11) is 1.75. The van der Waals surface area contributed by atoms with Crippen molar-refractivity contribution in [2.75, 3.05) is 90.9 Å². The van der Waals surface area contributed by atoms with E-state index < -0.39 is 28.6 Å². The minimum absolute atomic E-state index is 0.0000906. The molecule has 2 amide bonds. The Labute approximate surface area is 473 Å². The number of carbonyl (C=O) groups is 3. The summed E-state index contributed by atoms with van der Waals surface area (Å²) in [4.78, 5) is 63.3. The summed E-state index contributed by atoms with van der Waals surface area (Å²) in [6.07, 6.45) is 8.96. The van der Waals surface area contributed by atoms with Crippen molar-refractivity contribution >= 4 is 45.7 Å². The molecule has 80 heavy (non-hydrogen) atoms. The minimum Gasteiger partial charge on any atom is -0.464 e. The summed E-state index contributed by atoms with van der Waals surface area (Å²) in [5, 5.41) is 8.85. The van der Waals surface area contributed by atoms with Gasteiger partial charge in [0.25, 0.3) is 11.8 Å². The molecule has 1 aromatic carbocycles. The Hall–Kier alpha value is -4.57. The van der Waals surface area contributed by atoms with Crippen molar-refractivity contribution in [2.24, 2.45) is 22.7 Å². The molecule has 2 spiro atoms. The molecule has 9 aliphatic heterocycles. The SMILES string of the molecule is CO[C@@H](C)c1ncc(N2CCN(C3CC3)CC2)cc1-c1c2c3cc(ccc3n1CCO[C@H]1CCOC(C)(C)C1)-c1csc(n1)[C@@H](N1CC3(COC3)C1)[C@H](NC(=O)C13CC(C1)[C@H](C)O3)C(=O)N1CC3CC(C3)(N1)C(=O)OCC(C)(C)C2. The Kier molecular flexibility index (Phi) is 13.2. The van der Waals surface area contributed by atoms with Crippen LogP contribution in [0.4, 0.5) is 5.69 Å². The van der Waals surface area contributed by atoms with Gasteiger partial charge in [0.15, 0.2) is 0 Å². The van der Waals surface area contributed by atoms with Crippen LogP contribution in [0.15, 0.2) is 35.8 Å². The number of methoxy groups -OCH3 is 1. The number of rotatable bonds is 12. The number of nitrogens with one attached hydrogen (secondary N) is 2. The van der Waals surface area contributed by atoms with E-state index >= 15 is 4.79 Å². The number of pyridine rings is 1. The van der Waals surface area contributed by atoms with Gasteiger partial charge in [-0.2, -0.15) is 0 Å². The molecule has 8 saturated heterocycles. The molecule has 9 bridgehead atoms. The van der Waals surface area contributed by atoms with Crippen molar-refractivity contribution in [3.05, 3.63) is 52.1 Å². The van der Waals surface area contributed by atoms with Crippen LogP contribution in [0.25, 0.3) is 33.4 Å². The third kappa shape index (κ3) is 9.40. The fourth-order valence-electron chi connectivity index (χ4n) is 15.2. The van der Waals surface area contributed by atoms with Crippen molar-refractivity contribution < 1.29 is 42.8 Å². The molecule has 3 saturated carbocycles. The van der Waals surface area contributed by atoms with Crippen LogP contribution >= 0.6 is 11.3 Å². The van der Waals surface area contributed by atoms with Crippen molar-refractivity contribution in [1.29, 1.82) is 0 Å². The Balaban J connectivity index is 0.911. The molecule has 12 heterocycles. The van der Waals surface area contributed by atoms with Crippen molar-refractivity contribution in [1.82, 2.24) is 40.1 Å². The second-order valence-electron chi connectivity index (χ2n) is 27.2. The molecule has 16 rings (SSSR count). The van der Waals surface area contributed by atoms with Crippen LogP contribution in [0, 0.1) is 22.7 Å². The highest BCUT2D eigenvalue weighted by Gasteiger charge is 2.63. The van der Waals surface area contributed by atoms with Gasteiger partial charge >= 0.3 is 5.97 Å². The fraction of sp³-hybridized carbons (Fsp3) is 0.689. The summed E-state index contributed by atoms with van der Waals surface area (Å²) in [6.45, 7) is 21.7. The average Bonchev–Trinajstić information content (AvgIpc) is 3.93. The third-order valence-corrected chi connectivity index (χ3v) is 20.9. The zero-order valence-corrected chi connectivity index (χ0v) is 48.7. The van der Waals surface area contributed by atoms with Crippen LogP contribution in [0.1, 0.15) is 121 Å². The monoisotopic (exact) mass is 1120 g/mol. The number of amides is 2. The van der Waals surface area contributed by atoms with Gasteiger partial charge < -0.3 is 43.2 Å². The number of benzene rings is 1. The standard InChI is InChI=1S/C61H81N9O9S/c1-36-40-24-61(25-40,79-36)55(72)64-50-52(68-31-59(32-68)34-75-35-59)53-63-47(30-80-53)39-8-11-48-44(20-39)46(27-57(3,4)33-77-56(73)60-22-38(23-60)29-70(65-60)54(50)71)51(69(48)17-19-76-43-12-18-78-58(5,6)26-43)45-21-42(28-62-49(45)37(2)74-7)67-15-13-66(14-16-67)41-9-10-41/h8,11,20-21,28,30,36-38,40-41,43,50,52,65H,9-10,12-19,22-27,29,31-35H2,1-7H3,(H,64,72)/t36-,37-,38?,40?,43-,50-,52-,60?,61?/m0/s1. The van der Waals surface area contributed by atoms with Crippen LogP contribution in [0.5, 0.6) is 0 Å². The molecule has 3 aliphatic carbocycles. The van der Waals surface area contributed by atoms with Crippen molar-refractivity contribution in [3.8, 4) is 22.5 Å². The molecule has 2 N–H and O–H groups in total. The van der Waals surface area contributed by atoms with E-state index in [4.69, 9.17) is 38.4 Å². The number of fused-ring (bicyclic) bond motifs is 5. The molecule has 430 valence electrons. The first-order valence-electron chi connectivity index (χ1n) is 29.9. The van der Waals surface area contributed by atoms with Gasteiger partial charge in [-0.1, -0.05) is 19.9 Å². The molecule has 0 radical (unpaired) electrons. The molecule has 5 atom stereocenters. The van der Waals surface area contributed by atoms with E-state index in [1.54, 1.807) is 12.1 Å². The third-order valence-electron chi connectivity index (χ3n) is 20.0. The van der Waals surface area contributed by atoms with Crippen LogP contribution in [-0.2, 0) is 55.8 Å². The zero-order valence-electron chi connectivity index (χ0n) is 47.9. The lowest BCUT2D eigenvalue weighted by Crippen LogP contribution is -2.76. The lowest BCUT2D eigenvalue weighted by molar-refractivity contribution is -0.204. The number of anilines is 1. The van der Waals surface area contributed by atoms with E-state index in [1.807, 2.05) is 13.1 Å². The quantitative estimate of drug-likeness (QED) is 0.141. The Morgan fingerprint density at radius 1 is 0.975 bits per heavy atom. The number of hydrogen-bond donors (Lipinski definition) is 2. The van der Waals surface area contributed by atoms with Crippen molar-refractivity contribution in [2.45, 2.75) is 159 Å². The van der Waals surface area contributed by atoms with Crippen LogP contribution in [-0.4, -0.2) is 174 Å². The summed E-state index contributed by atoms with van der Waals surface area (Å²) >= 11 is 1.53. The van der Waals surface area contributed by atoms with Gasteiger partial charge in [-0.05, 0) is 115 Å². The number of thiazole rings is 1. The second-order valence-corrected chi connectivity index (χ2v) is 28.1. The normalized spacial score (nSPS) is 33.0. The molecular weight excluding hydrogens is 1030 g/mol. The molecule has 0 unspecified atom stereocenters. The number of likely N-dealkylation sites (tertiary alicyclic amines) is 1. The van der Waals surface area contributed by atoms with Crippen LogP contribution < -0.4 is 15.6 Å². The van der Waals surface area contributed by atoms with Gasteiger partial charge in [0, 0.05) is 117 Å². The minimum atomic E-state index is -1.08. The smallest absolute Gasteiger partial charge is 0.328 e. The van der Waals surface area contributed by atoms with Gasteiger partial charge in [-0.25, -0.2) is 15.2 Å². The van der Waals surface area contributed by atoms with Crippen LogP contribution in [0.2, 0.25) is 0 Å². The first-order valence-corrected chi connectivity index (χ1v) is 30.7. The number of ether oxygens (including phenoxy) is 6. The fourth-order valence-corrected chi connectivity index (χ4v) is 16.2. The number of nitrogens with zero attached hydrogens (tertiary/aromatic N) is 7. The Morgan fingerprint density at radius 3 is 2.46 bits per heavy atom. The summed E-state index contributed by atoms with van der Waals surface area (Å²) < 4.78 is 40.2. The largest absolute Gasteiger partial charge is 0.464 e. The van der Waals surface area contributed by atoms with E-state index in [2.05, 4.69) is 94.3 Å². The number of hydrogen-bond acceptors (Lipinski definition) is 16. The lowest BCUT2D eigenvalue weighted by Gasteiger charge is -2.58. The van der Waals surface area contributed by atoms with Gasteiger partial charge in [-0.15, -0.1) is 11.3 Å². The number of carbonyl (C=O) groups excluding carboxylic acids is 3. The zero-order chi connectivity index (χ0) is 55.1. The number of hydrazine groups is 1. The summed E-state index contributed by atoms with van der Waals surface area (Å²) in [5.74, 6) is -0.508. The number of esters is 1. The van der Waals surface area contributed by atoms with E-state index in [0.717, 1.165) is 100 Å². The van der Waals surface area contributed by atoms with E-state index in [9.17, 15) is 9.59 Å². The van der Waals surface area contributed by atoms with E-state index in [0.29, 0.717) is 90.6 Å². The number of cyclic esters (lactones) is 1. The molecule has 18 nitrogen and oxygen atoms in total. The first kappa shape index (κ1) is 53.4. The number of piperazine rings is 1. The van der Waals surface area contributed by atoms with Gasteiger partial charge in [0.05, 0.1) is 85.3 Å². The van der Waals surface area contributed by atoms with Crippen molar-refractivity contribution in [3.63, 3.8) is 0 Å². The first-order chi connectivity index (χ1) is 38.4. The summed E-state index contributed by atoms with van der Waals surface area (Å²) in [5.41, 5.74) is 8.50. The van der Waals surface area contributed by atoms with Crippen LogP contribution in [0.3, 0.4) is 0 Å². The molecular formula is C61H81N9O9S. The predicted octanol–water partition coefficient (Wildman–Crippen LogP) is 6.84. The van der Waals surface area contributed by atoms with Gasteiger partial charge in [0.2, 0.25) is 0 Å². The Bertz CT molecular complexity index is 3070. The maximum absolute atomic E-state index is 15.5. The average molecular weight is 1120 g/mol. The summed E-state index contributed by atoms with van der Waals surface area (Å²) in [6, 6.07) is 8.12.